The van der Waals surface area contributed by atoms with Crippen molar-refractivity contribution < 1.29 is 10.2 Å². The van der Waals surface area contributed by atoms with E-state index in [-0.39, 0.29) is 12.4 Å². The zero-order valence-corrected chi connectivity index (χ0v) is 13.1. The fourth-order valence-electron chi connectivity index (χ4n) is 3.29. The van der Waals surface area contributed by atoms with Crippen molar-refractivity contribution in [2.45, 2.75) is 6.54 Å². The number of aliphatic hydroxyl groups excluding tert-OH is 1. The zero-order valence-electron chi connectivity index (χ0n) is 13.1. The van der Waals surface area contributed by atoms with Gasteiger partial charge in [0.25, 0.3) is 0 Å². The molecule has 0 aliphatic carbocycles. The van der Waals surface area contributed by atoms with Gasteiger partial charge in [0.05, 0.1) is 12.1 Å². The first-order valence-electron chi connectivity index (χ1n) is 7.89. The summed E-state index contributed by atoms with van der Waals surface area (Å²) in [6.07, 6.45) is 0. The number of anilines is 1. The molecule has 0 fully saturated rings. The second-order valence-corrected chi connectivity index (χ2v) is 5.93. The Hall–Kier alpha value is -2.98. The molecule has 4 N–H and O–H groups in total. The molecule has 0 aliphatic heterocycles. The van der Waals surface area contributed by atoms with Crippen molar-refractivity contribution in [2.24, 2.45) is 0 Å². The van der Waals surface area contributed by atoms with Crippen LogP contribution in [0.4, 0.5) is 5.69 Å². The van der Waals surface area contributed by atoms with Crippen molar-refractivity contribution in [3.63, 3.8) is 0 Å². The van der Waals surface area contributed by atoms with E-state index in [2.05, 4.69) is 22.8 Å². The number of hydrogen-bond donors (Lipinski definition) is 3. The molecule has 4 aromatic rings. The van der Waals surface area contributed by atoms with Crippen LogP contribution < -0.4 is 5.73 Å². The predicted octanol–water partition coefficient (Wildman–Crippen LogP) is 3.74. The molecule has 3 aromatic carbocycles. The number of hydrogen-bond acceptors (Lipinski definition) is 3. The minimum absolute atomic E-state index is 0.0666. The van der Waals surface area contributed by atoms with Crippen LogP contribution in [-0.2, 0) is 6.54 Å². The highest BCUT2D eigenvalue weighted by molar-refractivity contribution is 6.09. The number of nitrogens with two attached hydrogens (primary N) is 1. The van der Waals surface area contributed by atoms with E-state index in [1.165, 1.54) is 0 Å². The number of aromatic nitrogens is 1. The van der Waals surface area contributed by atoms with E-state index in [1.807, 2.05) is 30.3 Å². The van der Waals surface area contributed by atoms with E-state index < -0.39 is 0 Å². The van der Waals surface area contributed by atoms with Crippen LogP contribution in [0.5, 0.6) is 5.75 Å². The summed E-state index contributed by atoms with van der Waals surface area (Å²) in [5.74, 6) is 0.254. The molecular formula is C20H18N2O2. The lowest BCUT2D eigenvalue weighted by Gasteiger charge is -2.07. The molecule has 0 amide bonds. The average Bonchev–Trinajstić information content (AvgIpc) is 2.89. The monoisotopic (exact) mass is 318 g/mol. The second kappa shape index (κ2) is 5.58. The maximum absolute atomic E-state index is 9.47. The number of rotatable bonds is 3. The third-order valence-corrected chi connectivity index (χ3v) is 4.42. The summed E-state index contributed by atoms with van der Waals surface area (Å²) in [5, 5.41) is 21.2. The van der Waals surface area contributed by atoms with E-state index in [0.717, 1.165) is 32.9 Å². The van der Waals surface area contributed by atoms with Crippen LogP contribution in [0.1, 0.15) is 0 Å². The molecule has 0 saturated carbocycles. The number of nitrogens with zero attached hydrogens (tertiary/aromatic N) is 1. The number of nitrogen functional groups attached to an aromatic ring is 1. The molecule has 0 aliphatic rings. The van der Waals surface area contributed by atoms with Crippen LogP contribution in [0.2, 0.25) is 0 Å². The van der Waals surface area contributed by atoms with Gasteiger partial charge in [-0.15, -0.1) is 0 Å². The standard InChI is InChI=1S/C20H18N2O2/c21-15-4-8-18-17-7-3-14(13-1-5-16(24)6-2-13)11-19(17)22(9-10-23)20(18)12-15/h1-8,11-12,23-24H,9-10,21H2. The SMILES string of the molecule is Nc1ccc2c3ccc(-c4ccc(O)cc4)cc3n(CCO)c2c1. The largest absolute Gasteiger partial charge is 0.508 e. The number of phenolic OH excluding ortho intramolecular Hbond substituents is 1. The lowest BCUT2D eigenvalue weighted by Crippen LogP contribution is -2.01. The lowest BCUT2D eigenvalue weighted by atomic mass is 10.0. The Morgan fingerprint density at radius 1 is 0.792 bits per heavy atom. The number of phenols is 1. The maximum atomic E-state index is 9.47. The van der Waals surface area contributed by atoms with Gasteiger partial charge in [0.1, 0.15) is 5.75 Å². The van der Waals surface area contributed by atoms with Crippen molar-refractivity contribution >= 4 is 27.5 Å². The van der Waals surface area contributed by atoms with E-state index in [9.17, 15) is 10.2 Å². The quantitative estimate of drug-likeness (QED) is 0.504. The van der Waals surface area contributed by atoms with Crippen molar-refractivity contribution in [2.75, 3.05) is 12.3 Å². The molecule has 4 nitrogen and oxygen atoms in total. The third kappa shape index (κ3) is 2.28. The highest BCUT2D eigenvalue weighted by atomic mass is 16.3. The molecule has 4 rings (SSSR count). The van der Waals surface area contributed by atoms with Gasteiger partial charge in [-0.2, -0.15) is 0 Å². The Balaban J connectivity index is 1.99. The Morgan fingerprint density at radius 2 is 1.42 bits per heavy atom. The number of benzene rings is 3. The third-order valence-electron chi connectivity index (χ3n) is 4.42. The summed E-state index contributed by atoms with van der Waals surface area (Å²) in [6.45, 7) is 0.583. The molecule has 0 spiro atoms. The first kappa shape index (κ1) is 14.6. The minimum atomic E-state index is 0.0666. The Morgan fingerprint density at radius 3 is 2.12 bits per heavy atom. The van der Waals surface area contributed by atoms with Crippen LogP contribution in [0, 0.1) is 0 Å². The molecule has 0 bridgehead atoms. The van der Waals surface area contributed by atoms with Gasteiger partial charge >= 0.3 is 0 Å². The maximum Gasteiger partial charge on any atom is 0.115 e. The average molecular weight is 318 g/mol. The van der Waals surface area contributed by atoms with Gasteiger partial charge in [-0.25, -0.2) is 0 Å². The van der Waals surface area contributed by atoms with E-state index >= 15 is 0 Å². The molecule has 24 heavy (non-hydrogen) atoms. The second-order valence-electron chi connectivity index (χ2n) is 5.93. The van der Waals surface area contributed by atoms with Gasteiger partial charge in [-0.3, -0.25) is 0 Å². The fraction of sp³-hybridized carbons (Fsp3) is 0.100. The predicted molar refractivity (Wildman–Crippen MR) is 98.0 cm³/mol. The number of fused-ring (bicyclic) bond motifs is 3. The van der Waals surface area contributed by atoms with E-state index in [0.29, 0.717) is 12.2 Å². The van der Waals surface area contributed by atoms with Crippen molar-refractivity contribution in [3.05, 3.63) is 60.7 Å². The Bertz CT molecular complexity index is 1030. The molecule has 0 radical (unpaired) electrons. The molecule has 0 atom stereocenters. The van der Waals surface area contributed by atoms with Crippen LogP contribution in [0.25, 0.3) is 32.9 Å². The van der Waals surface area contributed by atoms with Crippen molar-refractivity contribution in [1.82, 2.24) is 4.57 Å². The van der Waals surface area contributed by atoms with Crippen molar-refractivity contribution in [1.29, 1.82) is 0 Å². The molecule has 1 heterocycles. The molecule has 0 saturated heterocycles. The van der Waals surface area contributed by atoms with Crippen LogP contribution in [0.15, 0.2) is 60.7 Å². The first-order valence-corrected chi connectivity index (χ1v) is 7.89. The van der Waals surface area contributed by atoms with Gasteiger partial charge in [0.2, 0.25) is 0 Å². The lowest BCUT2D eigenvalue weighted by molar-refractivity contribution is 0.280. The first-order chi connectivity index (χ1) is 11.7. The summed E-state index contributed by atoms with van der Waals surface area (Å²) < 4.78 is 2.10. The van der Waals surface area contributed by atoms with Gasteiger partial charge in [-0.05, 0) is 41.5 Å². The summed E-state index contributed by atoms with van der Waals surface area (Å²) in [5.41, 5.74) is 10.9. The van der Waals surface area contributed by atoms with Crippen LogP contribution in [-0.4, -0.2) is 21.4 Å². The van der Waals surface area contributed by atoms with Gasteiger partial charge < -0.3 is 20.5 Å². The van der Waals surface area contributed by atoms with Crippen LogP contribution in [0.3, 0.4) is 0 Å². The fourth-order valence-corrected chi connectivity index (χ4v) is 3.29. The highest BCUT2D eigenvalue weighted by Crippen LogP contribution is 2.33. The smallest absolute Gasteiger partial charge is 0.115 e. The normalized spacial score (nSPS) is 11.4. The van der Waals surface area contributed by atoms with Crippen molar-refractivity contribution in [3.8, 4) is 16.9 Å². The summed E-state index contributed by atoms with van der Waals surface area (Å²) in [4.78, 5) is 0. The topological polar surface area (TPSA) is 71.4 Å². The molecule has 0 unspecified atom stereocenters. The minimum Gasteiger partial charge on any atom is -0.508 e. The molecule has 120 valence electrons. The highest BCUT2D eigenvalue weighted by Gasteiger charge is 2.12. The Kier molecular flexibility index (Phi) is 3.40. The Labute approximate surface area is 139 Å². The number of aliphatic hydroxyl groups is 1. The van der Waals surface area contributed by atoms with E-state index in [1.54, 1.807) is 12.1 Å². The van der Waals surface area contributed by atoms with Gasteiger partial charge in [0, 0.05) is 28.5 Å². The van der Waals surface area contributed by atoms with Crippen LogP contribution >= 0.6 is 0 Å². The molecule has 4 heteroatoms. The number of aromatic hydroxyl groups is 1. The zero-order chi connectivity index (χ0) is 16.7. The van der Waals surface area contributed by atoms with E-state index in [4.69, 9.17) is 5.73 Å². The summed E-state index contributed by atoms with van der Waals surface area (Å²) >= 11 is 0. The summed E-state index contributed by atoms with van der Waals surface area (Å²) in [6, 6.07) is 19.3. The molecule has 1 aromatic heterocycles. The summed E-state index contributed by atoms with van der Waals surface area (Å²) in [7, 11) is 0. The molecular weight excluding hydrogens is 300 g/mol. The van der Waals surface area contributed by atoms with Gasteiger partial charge in [-0.1, -0.05) is 30.3 Å². The van der Waals surface area contributed by atoms with Gasteiger partial charge in [0.15, 0.2) is 0 Å².